The van der Waals surface area contributed by atoms with Crippen molar-refractivity contribution < 1.29 is 4.79 Å². The highest BCUT2D eigenvalue weighted by Crippen LogP contribution is 2.38. The minimum absolute atomic E-state index is 0.0728. The van der Waals surface area contributed by atoms with Gasteiger partial charge in [0.15, 0.2) is 0 Å². The van der Waals surface area contributed by atoms with Crippen LogP contribution in [0.1, 0.15) is 47.6 Å². The minimum atomic E-state index is -0.225. The van der Waals surface area contributed by atoms with Crippen LogP contribution in [0.3, 0.4) is 0 Å². The number of aromatic amines is 1. The van der Waals surface area contributed by atoms with Gasteiger partial charge in [-0.05, 0) is 25.3 Å². The van der Waals surface area contributed by atoms with E-state index in [1.807, 2.05) is 25.1 Å². The molecule has 3 rings (SSSR count). The Labute approximate surface area is 118 Å². The molecule has 0 unspecified atom stereocenters. The second-order valence-corrected chi connectivity index (χ2v) is 5.49. The summed E-state index contributed by atoms with van der Waals surface area (Å²) in [5.74, 6) is 0.687. The number of carbonyl (C=O) groups excluding carboxylic acids is 1. The van der Waals surface area contributed by atoms with Gasteiger partial charge in [0.25, 0.3) is 5.91 Å². The molecule has 1 heterocycles. The van der Waals surface area contributed by atoms with Crippen LogP contribution >= 0.6 is 0 Å². The first-order valence-electron chi connectivity index (χ1n) is 7.09. The first-order chi connectivity index (χ1) is 9.70. The Hall–Kier alpha value is -2.10. The average molecular weight is 269 g/mol. The number of carbonyl (C=O) groups is 1. The van der Waals surface area contributed by atoms with Crippen molar-refractivity contribution in [3.8, 4) is 0 Å². The molecule has 1 aliphatic carbocycles. The Balaban J connectivity index is 1.87. The van der Waals surface area contributed by atoms with Gasteiger partial charge >= 0.3 is 0 Å². The third kappa shape index (κ3) is 2.33. The fraction of sp³-hybridized carbons (Fsp3) is 0.375. The minimum Gasteiger partial charge on any atom is -0.341 e. The number of imidazole rings is 1. The largest absolute Gasteiger partial charge is 0.341 e. The molecule has 1 amide bonds. The number of aryl methyl sites for hydroxylation is 1. The third-order valence-corrected chi connectivity index (χ3v) is 4.08. The fourth-order valence-corrected chi connectivity index (χ4v) is 3.04. The van der Waals surface area contributed by atoms with Crippen molar-refractivity contribution in [2.24, 2.45) is 0 Å². The highest BCUT2D eigenvalue weighted by Gasteiger charge is 2.37. The van der Waals surface area contributed by atoms with Gasteiger partial charge in [0.2, 0.25) is 0 Å². The zero-order valence-corrected chi connectivity index (χ0v) is 11.6. The van der Waals surface area contributed by atoms with Crippen LogP contribution < -0.4 is 5.32 Å². The summed E-state index contributed by atoms with van der Waals surface area (Å²) in [5, 5.41) is 3.23. The standard InChI is InChI=1S/C16H19N3O/c1-12-17-11-14(18-12)15(20)19-16(9-5-6-10-16)13-7-3-2-4-8-13/h2-4,7-8,11H,5-6,9-10H2,1H3,(H,17,18)(H,19,20). The van der Waals surface area contributed by atoms with E-state index >= 15 is 0 Å². The summed E-state index contributed by atoms with van der Waals surface area (Å²) in [7, 11) is 0. The van der Waals surface area contributed by atoms with E-state index in [1.54, 1.807) is 6.20 Å². The first kappa shape index (κ1) is 12.9. The van der Waals surface area contributed by atoms with Crippen LogP contribution in [0, 0.1) is 6.92 Å². The van der Waals surface area contributed by atoms with Crippen LogP contribution in [0.25, 0.3) is 0 Å². The Morgan fingerprint density at radius 2 is 1.95 bits per heavy atom. The lowest BCUT2D eigenvalue weighted by atomic mass is 9.88. The number of nitrogens with one attached hydrogen (secondary N) is 2. The summed E-state index contributed by atoms with van der Waals surface area (Å²) >= 11 is 0. The number of nitrogens with zero attached hydrogens (tertiary/aromatic N) is 1. The number of aromatic nitrogens is 2. The van der Waals surface area contributed by atoms with Gasteiger partial charge in [-0.3, -0.25) is 4.79 Å². The number of benzene rings is 1. The summed E-state index contributed by atoms with van der Waals surface area (Å²) < 4.78 is 0. The maximum Gasteiger partial charge on any atom is 0.270 e. The summed E-state index contributed by atoms with van der Waals surface area (Å²) in [6.45, 7) is 1.85. The van der Waals surface area contributed by atoms with E-state index in [9.17, 15) is 4.79 Å². The maximum absolute atomic E-state index is 12.4. The summed E-state index contributed by atoms with van der Waals surface area (Å²) in [6, 6.07) is 10.3. The molecule has 1 fully saturated rings. The molecule has 0 spiro atoms. The molecule has 20 heavy (non-hydrogen) atoms. The molecule has 1 saturated carbocycles. The predicted octanol–water partition coefficient (Wildman–Crippen LogP) is 2.92. The van der Waals surface area contributed by atoms with E-state index in [2.05, 4.69) is 27.4 Å². The molecule has 104 valence electrons. The first-order valence-corrected chi connectivity index (χ1v) is 7.09. The third-order valence-electron chi connectivity index (χ3n) is 4.08. The zero-order valence-electron chi connectivity index (χ0n) is 11.6. The van der Waals surface area contributed by atoms with Crippen molar-refractivity contribution in [3.63, 3.8) is 0 Å². The molecule has 2 aromatic rings. The highest BCUT2D eigenvalue weighted by atomic mass is 16.2. The molecule has 1 aromatic heterocycles. The maximum atomic E-state index is 12.4. The Morgan fingerprint density at radius 1 is 1.25 bits per heavy atom. The summed E-state index contributed by atoms with van der Waals surface area (Å²) in [5.41, 5.74) is 1.50. The van der Waals surface area contributed by atoms with Gasteiger partial charge < -0.3 is 10.3 Å². The topological polar surface area (TPSA) is 57.8 Å². The Morgan fingerprint density at radius 3 is 2.55 bits per heavy atom. The molecule has 0 bridgehead atoms. The van der Waals surface area contributed by atoms with E-state index < -0.39 is 0 Å². The van der Waals surface area contributed by atoms with E-state index in [0.717, 1.165) is 31.5 Å². The monoisotopic (exact) mass is 269 g/mol. The van der Waals surface area contributed by atoms with Gasteiger partial charge in [0, 0.05) is 0 Å². The van der Waals surface area contributed by atoms with E-state index in [-0.39, 0.29) is 11.4 Å². The quantitative estimate of drug-likeness (QED) is 0.900. The number of rotatable bonds is 3. The Bertz CT molecular complexity index is 597. The van der Waals surface area contributed by atoms with Crippen LogP contribution in [0.4, 0.5) is 0 Å². The van der Waals surface area contributed by atoms with Crippen LogP contribution in [0.15, 0.2) is 36.5 Å². The van der Waals surface area contributed by atoms with Gasteiger partial charge in [0.1, 0.15) is 11.5 Å². The van der Waals surface area contributed by atoms with Gasteiger partial charge in [-0.15, -0.1) is 0 Å². The number of hydrogen-bond donors (Lipinski definition) is 2. The van der Waals surface area contributed by atoms with Crippen LogP contribution in [-0.4, -0.2) is 15.9 Å². The van der Waals surface area contributed by atoms with Crippen molar-refractivity contribution >= 4 is 5.91 Å². The van der Waals surface area contributed by atoms with Crippen molar-refractivity contribution in [1.29, 1.82) is 0 Å². The van der Waals surface area contributed by atoms with Crippen molar-refractivity contribution in [1.82, 2.24) is 15.3 Å². The normalized spacial score (nSPS) is 17.1. The Kier molecular flexibility index (Phi) is 3.30. The van der Waals surface area contributed by atoms with Crippen molar-refractivity contribution in [2.75, 3.05) is 0 Å². The molecule has 0 radical (unpaired) electrons. The molecule has 4 nitrogen and oxygen atoms in total. The molecule has 4 heteroatoms. The SMILES string of the molecule is Cc1ncc(C(=O)NC2(c3ccccc3)CCCC2)[nH]1. The van der Waals surface area contributed by atoms with Crippen molar-refractivity contribution in [2.45, 2.75) is 38.1 Å². The van der Waals surface area contributed by atoms with Gasteiger partial charge in [-0.1, -0.05) is 43.2 Å². The van der Waals surface area contributed by atoms with Crippen LogP contribution in [0.2, 0.25) is 0 Å². The summed E-state index contributed by atoms with van der Waals surface area (Å²) in [4.78, 5) is 19.5. The number of amides is 1. The molecule has 0 atom stereocenters. The smallest absolute Gasteiger partial charge is 0.270 e. The molecule has 0 saturated heterocycles. The summed E-state index contributed by atoms with van der Waals surface area (Å²) in [6.07, 6.45) is 5.89. The molecular weight excluding hydrogens is 250 g/mol. The van der Waals surface area contributed by atoms with E-state index in [4.69, 9.17) is 0 Å². The number of H-pyrrole nitrogens is 1. The lowest BCUT2D eigenvalue weighted by Crippen LogP contribution is -2.43. The molecule has 1 aromatic carbocycles. The van der Waals surface area contributed by atoms with Gasteiger partial charge in [-0.25, -0.2) is 4.98 Å². The molecule has 0 aliphatic heterocycles. The lowest BCUT2D eigenvalue weighted by Gasteiger charge is -2.30. The van der Waals surface area contributed by atoms with Crippen molar-refractivity contribution in [3.05, 3.63) is 53.6 Å². The predicted molar refractivity (Wildman–Crippen MR) is 77.4 cm³/mol. The molecule has 1 aliphatic rings. The zero-order chi connectivity index (χ0) is 14.0. The van der Waals surface area contributed by atoms with Gasteiger partial charge in [0.05, 0.1) is 11.7 Å². The van der Waals surface area contributed by atoms with Crippen LogP contribution in [0.5, 0.6) is 0 Å². The van der Waals surface area contributed by atoms with Crippen LogP contribution in [-0.2, 0) is 5.54 Å². The van der Waals surface area contributed by atoms with Gasteiger partial charge in [-0.2, -0.15) is 0 Å². The second kappa shape index (κ2) is 5.12. The molecule has 2 N–H and O–H groups in total. The fourth-order valence-electron chi connectivity index (χ4n) is 3.04. The second-order valence-electron chi connectivity index (χ2n) is 5.49. The lowest BCUT2D eigenvalue weighted by molar-refractivity contribution is 0.0893. The number of hydrogen-bond acceptors (Lipinski definition) is 2. The highest BCUT2D eigenvalue weighted by molar-refractivity contribution is 5.92. The van der Waals surface area contributed by atoms with E-state index in [0.29, 0.717) is 5.69 Å². The van der Waals surface area contributed by atoms with E-state index in [1.165, 1.54) is 5.56 Å². The average Bonchev–Trinajstić information content (AvgIpc) is 3.10. The molecular formula is C16H19N3O.